The van der Waals surface area contributed by atoms with Crippen molar-refractivity contribution in [1.82, 2.24) is 9.88 Å². The molecule has 2 aliphatic heterocycles. The first kappa shape index (κ1) is 18.8. The second kappa shape index (κ2) is 7.13. The lowest BCUT2D eigenvalue weighted by atomic mass is 9.98. The number of carbonyl (C=O) groups is 2. The third-order valence-corrected chi connectivity index (χ3v) is 5.45. The molecule has 1 saturated heterocycles. The number of pyridine rings is 1. The van der Waals surface area contributed by atoms with Gasteiger partial charge in [-0.1, -0.05) is 11.6 Å². The highest BCUT2D eigenvalue weighted by molar-refractivity contribution is 6.30. The number of carbonyl (C=O) groups excluding carboxylic acids is 2. The minimum absolute atomic E-state index is 0.00679. The quantitative estimate of drug-likeness (QED) is 0.763. The summed E-state index contributed by atoms with van der Waals surface area (Å²) in [7, 11) is 0. The van der Waals surface area contributed by atoms with Crippen molar-refractivity contribution < 1.29 is 18.4 Å². The number of halogens is 3. The fourth-order valence-electron chi connectivity index (χ4n) is 3.62. The molecule has 0 saturated carbocycles. The Hall–Kier alpha value is -2.54. The predicted molar refractivity (Wildman–Crippen MR) is 101 cm³/mol. The van der Waals surface area contributed by atoms with Crippen LogP contribution < -0.4 is 4.90 Å². The van der Waals surface area contributed by atoms with Gasteiger partial charge in [-0.3, -0.25) is 14.6 Å². The molecular formula is C20H18ClF2N3O2. The lowest BCUT2D eigenvalue weighted by molar-refractivity contribution is -0.0494. The van der Waals surface area contributed by atoms with Crippen LogP contribution in [0.15, 0.2) is 36.7 Å². The van der Waals surface area contributed by atoms with Gasteiger partial charge in [0.25, 0.3) is 17.7 Å². The van der Waals surface area contributed by atoms with Gasteiger partial charge in [-0.2, -0.15) is 0 Å². The number of alkyl halides is 2. The topological polar surface area (TPSA) is 53.5 Å². The molecule has 1 aromatic heterocycles. The Labute approximate surface area is 165 Å². The summed E-state index contributed by atoms with van der Waals surface area (Å²) in [5.41, 5.74) is 2.27. The Morgan fingerprint density at radius 1 is 1.11 bits per heavy atom. The molecule has 0 bridgehead atoms. The Morgan fingerprint density at radius 3 is 2.61 bits per heavy atom. The number of benzene rings is 1. The summed E-state index contributed by atoms with van der Waals surface area (Å²) >= 11 is 6.00. The highest BCUT2D eigenvalue weighted by Crippen LogP contribution is 2.30. The molecule has 2 amide bonds. The second-order valence-corrected chi connectivity index (χ2v) is 7.52. The average molecular weight is 406 g/mol. The van der Waals surface area contributed by atoms with Crippen molar-refractivity contribution in [1.29, 1.82) is 0 Å². The van der Waals surface area contributed by atoms with Gasteiger partial charge < -0.3 is 9.80 Å². The van der Waals surface area contributed by atoms with Crippen molar-refractivity contribution in [2.45, 2.75) is 25.2 Å². The molecule has 1 fully saturated rings. The molecular weight excluding hydrogens is 388 g/mol. The third kappa shape index (κ3) is 3.58. The number of anilines is 1. The van der Waals surface area contributed by atoms with Gasteiger partial charge in [-0.25, -0.2) is 8.78 Å². The molecule has 2 aliphatic rings. The van der Waals surface area contributed by atoms with E-state index in [4.69, 9.17) is 11.6 Å². The van der Waals surface area contributed by atoms with Crippen LogP contribution in [0.3, 0.4) is 0 Å². The van der Waals surface area contributed by atoms with Gasteiger partial charge in [0.1, 0.15) is 0 Å². The lowest BCUT2D eigenvalue weighted by Crippen LogP contribution is -2.43. The van der Waals surface area contributed by atoms with Crippen molar-refractivity contribution in [3.63, 3.8) is 0 Å². The van der Waals surface area contributed by atoms with Gasteiger partial charge >= 0.3 is 0 Å². The van der Waals surface area contributed by atoms with Gasteiger partial charge in [0, 0.05) is 49.3 Å². The molecule has 2 aromatic rings. The maximum Gasteiger partial charge on any atom is 0.258 e. The van der Waals surface area contributed by atoms with Gasteiger partial charge in [0.2, 0.25) is 0 Å². The maximum absolute atomic E-state index is 13.3. The van der Waals surface area contributed by atoms with Crippen LogP contribution in [-0.2, 0) is 6.42 Å². The monoisotopic (exact) mass is 405 g/mol. The number of hydrogen-bond acceptors (Lipinski definition) is 3. The average Bonchev–Trinajstić information content (AvgIpc) is 2.68. The molecule has 0 radical (unpaired) electrons. The number of aromatic nitrogens is 1. The van der Waals surface area contributed by atoms with Gasteiger partial charge in [0.05, 0.1) is 17.4 Å². The predicted octanol–water partition coefficient (Wildman–Crippen LogP) is 3.81. The molecule has 0 unspecified atom stereocenters. The van der Waals surface area contributed by atoms with E-state index in [0.29, 0.717) is 29.2 Å². The summed E-state index contributed by atoms with van der Waals surface area (Å²) in [5, 5.41) is 0.585. The SMILES string of the molecule is O=C(c1cncc(N2CCc3cc(Cl)ccc3C2=O)c1)N1CCC(F)(F)CC1. The summed E-state index contributed by atoms with van der Waals surface area (Å²) in [6.07, 6.45) is 2.90. The number of piperidine rings is 1. The van der Waals surface area contributed by atoms with E-state index in [9.17, 15) is 18.4 Å². The van der Waals surface area contributed by atoms with E-state index in [1.165, 1.54) is 17.3 Å². The van der Waals surface area contributed by atoms with Gasteiger partial charge in [0.15, 0.2) is 0 Å². The van der Waals surface area contributed by atoms with E-state index in [1.54, 1.807) is 29.2 Å². The Kier molecular flexibility index (Phi) is 4.79. The van der Waals surface area contributed by atoms with Crippen LogP contribution in [0.4, 0.5) is 14.5 Å². The van der Waals surface area contributed by atoms with Crippen molar-refractivity contribution in [2.75, 3.05) is 24.5 Å². The van der Waals surface area contributed by atoms with Crippen LogP contribution >= 0.6 is 11.6 Å². The third-order valence-electron chi connectivity index (χ3n) is 5.21. The smallest absolute Gasteiger partial charge is 0.258 e. The number of amides is 2. The molecule has 28 heavy (non-hydrogen) atoms. The van der Waals surface area contributed by atoms with E-state index >= 15 is 0 Å². The zero-order valence-corrected chi connectivity index (χ0v) is 15.8. The van der Waals surface area contributed by atoms with E-state index in [-0.39, 0.29) is 43.3 Å². The molecule has 0 spiro atoms. The minimum Gasteiger partial charge on any atom is -0.338 e. The van der Waals surface area contributed by atoms with Gasteiger partial charge in [-0.15, -0.1) is 0 Å². The molecule has 0 N–H and O–H groups in total. The summed E-state index contributed by atoms with van der Waals surface area (Å²) < 4.78 is 26.7. The van der Waals surface area contributed by atoms with E-state index < -0.39 is 5.92 Å². The Balaban J connectivity index is 1.55. The molecule has 1 aromatic carbocycles. The first-order chi connectivity index (χ1) is 13.3. The number of nitrogens with zero attached hydrogens (tertiary/aromatic N) is 3. The highest BCUT2D eigenvalue weighted by atomic mass is 35.5. The van der Waals surface area contributed by atoms with Crippen LogP contribution in [0.1, 0.15) is 39.1 Å². The fourth-order valence-corrected chi connectivity index (χ4v) is 3.81. The number of hydrogen-bond donors (Lipinski definition) is 0. The first-order valence-corrected chi connectivity index (χ1v) is 9.44. The largest absolute Gasteiger partial charge is 0.338 e. The Bertz CT molecular complexity index is 941. The number of fused-ring (bicyclic) bond motifs is 1. The first-order valence-electron chi connectivity index (χ1n) is 9.06. The second-order valence-electron chi connectivity index (χ2n) is 7.09. The summed E-state index contributed by atoms with van der Waals surface area (Å²) in [6.45, 7) is 0.459. The summed E-state index contributed by atoms with van der Waals surface area (Å²) in [4.78, 5) is 32.6. The lowest BCUT2D eigenvalue weighted by Gasteiger charge is -2.32. The summed E-state index contributed by atoms with van der Waals surface area (Å²) in [6, 6.07) is 6.76. The molecule has 8 heteroatoms. The fraction of sp³-hybridized carbons (Fsp3) is 0.350. The van der Waals surface area contributed by atoms with Crippen LogP contribution in [0.5, 0.6) is 0 Å². The molecule has 0 atom stereocenters. The van der Waals surface area contributed by atoms with E-state index in [0.717, 1.165) is 5.56 Å². The van der Waals surface area contributed by atoms with Crippen molar-refractivity contribution in [2.24, 2.45) is 0 Å². The van der Waals surface area contributed by atoms with Crippen LogP contribution in [0, 0.1) is 0 Å². The number of likely N-dealkylation sites (tertiary alicyclic amines) is 1. The zero-order chi connectivity index (χ0) is 19.9. The molecule has 3 heterocycles. The van der Waals surface area contributed by atoms with Crippen LogP contribution in [-0.4, -0.2) is 47.3 Å². The van der Waals surface area contributed by atoms with Crippen LogP contribution in [0.25, 0.3) is 0 Å². The highest BCUT2D eigenvalue weighted by Gasteiger charge is 2.36. The van der Waals surface area contributed by atoms with Gasteiger partial charge in [-0.05, 0) is 36.2 Å². The number of rotatable bonds is 2. The van der Waals surface area contributed by atoms with Crippen LogP contribution in [0.2, 0.25) is 5.02 Å². The molecule has 4 rings (SSSR count). The molecule has 0 aliphatic carbocycles. The molecule has 146 valence electrons. The summed E-state index contributed by atoms with van der Waals surface area (Å²) in [5.74, 6) is -3.24. The van der Waals surface area contributed by atoms with Crippen molar-refractivity contribution in [3.05, 3.63) is 58.4 Å². The Morgan fingerprint density at radius 2 is 1.86 bits per heavy atom. The van der Waals surface area contributed by atoms with Crippen molar-refractivity contribution >= 4 is 29.1 Å². The van der Waals surface area contributed by atoms with E-state index in [2.05, 4.69) is 4.98 Å². The minimum atomic E-state index is -2.71. The standard InChI is InChI=1S/C20H18ClF2N3O2/c21-15-1-2-17-13(9-15)3-6-26(19(17)28)16-10-14(11-24-12-16)18(27)25-7-4-20(22,23)5-8-25/h1-2,9-12H,3-8H2. The van der Waals surface area contributed by atoms with E-state index in [1.807, 2.05) is 0 Å². The normalized spacial score (nSPS) is 18.8. The van der Waals surface area contributed by atoms with Crippen molar-refractivity contribution in [3.8, 4) is 0 Å². The molecule has 5 nitrogen and oxygen atoms in total. The zero-order valence-electron chi connectivity index (χ0n) is 15.0. The maximum atomic E-state index is 13.3.